The molecule has 1 aromatic heterocycles. The molecule has 4 rings (SSSR count). The first-order chi connectivity index (χ1) is 21.1. The molecule has 0 spiro atoms. The number of fused-ring (bicyclic) bond motifs is 2. The van der Waals surface area contributed by atoms with Crippen LogP contribution >= 0.6 is 0 Å². The van der Waals surface area contributed by atoms with Crippen LogP contribution in [0.1, 0.15) is 90.5 Å². The molecule has 1 aromatic carbocycles. The summed E-state index contributed by atoms with van der Waals surface area (Å²) < 4.78 is 1.63. The van der Waals surface area contributed by atoms with E-state index in [4.69, 9.17) is 4.84 Å². The lowest BCUT2D eigenvalue weighted by Gasteiger charge is -2.39. The molecular formula is C34H48N4O6. The lowest BCUT2D eigenvalue weighted by atomic mass is 9.87. The highest BCUT2D eigenvalue weighted by molar-refractivity contribution is 5.98. The third-order valence-corrected chi connectivity index (χ3v) is 9.35. The zero-order chi connectivity index (χ0) is 31.8. The fraction of sp³-hybridized carbons (Fsp3) is 0.618. The van der Waals surface area contributed by atoms with Crippen LogP contribution in [0.4, 0.5) is 0 Å². The van der Waals surface area contributed by atoms with Crippen LogP contribution in [-0.2, 0) is 30.4 Å². The van der Waals surface area contributed by atoms with E-state index in [1.54, 1.807) is 23.7 Å². The van der Waals surface area contributed by atoms with Gasteiger partial charge in [0.15, 0.2) is 5.78 Å². The zero-order valence-electron chi connectivity index (χ0n) is 26.6. The van der Waals surface area contributed by atoms with Crippen LogP contribution < -0.4 is 15.5 Å². The van der Waals surface area contributed by atoms with E-state index in [1.165, 1.54) is 0 Å². The molecular weight excluding hydrogens is 560 g/mol. The van der Waals surface area contributed by atoms with Crippen molar-refractivity contribution in [3.05, 3.63) is 36.0 Å². The highest BCUT2D eigenvalue weighted by Crippen LogP contribution is 2.27. The highest BCUT2D eigenvalue weighted by Gasteiger charge is 2.40. The van der Waals surface area contributed by atoms with E-state index in [-0.39, 0.29) is 42.1 Å². The van der Waals surface area contributed by atoms with Crippen LogP contribution in [0.5, 0.6) is 0 Å². The van der Waals surface area contributed by atoms with E-state index in [0.29, 0.717) is 38.6 Å². The van der Waals surface area contributed by atoms with Crippen molar-refractivity contribution in [1.29, 1.82) is 0 Å². The summed E-state index contributed by atoms with van der Waals surface area (Å²) in [6.07, 6.45) is 7.98. The molecule has 2 saturated heterocycles. The molecule has 3 heterocycles. The summed E-state index contributed by atoms with van der Waals surface area (Å²) in [4.78, 5) is 74.3. The Labute approximate surface area is 260 Å². The number of nitrogens with one attached hydrogen (secondary N) is 2. The molecule has 3 amide bonds. The number of aromatic nitrogens is 1. The van der Waals surface area contributed by atoms with Gasteiger partial charge in [0.25, 0.3) is 0 Å². The van der Waals surface area contributed by atoms with Crippen molar-refractivity contribution in [2.75, 3.05) is 13.7 Å². The van der Waals surface area contributed by atoms with Gasteiger partial charge in [-0.05, 0) is 56.6 Å². The molecule has 2 N–H and O–H groups in total. The molecule has 2 fully saturated rings. The van der Waals surface area contributed by atoms with Gasteiger partial charge in [0.1, 0.15) is 25.0 Å². The number of Topliss-reactive ketones (excluding diaryl/α,β-unsaturated/α-hetero) is 2. The zero-order valence-corrected chi connectivity index (χ0v) is 26.6. The maximum atomic E-state index is 14.0. The van der Waals surface area contributed by atoms with Crippen molar-refractivity contribution in [3.63, 3.8) is 0 Å². The van der Waals surface area contributed by atoms with E-state index in [2.05, 4.69) is 10.6 Å². The topological polar surface area (TPSA) is 127 Å². The summed E-state index contributed by atoms with van der Waals surface area (Å²) in [5.41, 5.74) is 1.65. The van der Waals surface area contributed by atoms with Crippen molar-refractivity contribution in [1.82, 2.24) is 20.3 Å². The fourth-order valence-electron chi connectivity index (χ4n) is 6.54. The van der Waals surface area contributed by atoms with E-state index >= 15 is 0 Å². The number of amides is 3. The number of ketones is 2. The van der Waals surface area contributed by atoms with Gasteiger partial charge in [-0.3, -0.25) is 19.2 Å². The first kappa shape index (κ1) is 33.2. The second-order valence-corrected chi connectivity index (χ2v) is 12.5. The first-order valence-electron chi connectivity index (χ1n) is 16.2. The summed E-state index contributed by atoms with van der Waals surface area (Å²) in [5, 5.41) is 6.88. The predicted molar refractivity (Wildman–Crippen MR) is 168 cm³/mol. The van der Waals surface area contributed by atoms with Crippen LogP contribution in [0.25, 0.3) is 10.9 Å². The molecule has 2 aliphatic heterocycles. The molecule has 0 radical (unpaired) electrons. The third-order valence-electron chi connectivity index (χ3n) is 9.35. The molecule has 0 saturated carbocycles. The first-order valence-corrected chi connectivity index (χ1v) is 16.2. The second-order valence-electron chi connectivity index (χ2n) is 12.5. The van der Waals surface area contributed by atoms with Gasteiger partial charge in [-0.15, -0.1) is 0 Å². The van der Waals surface area contributed by atoms with Crippen LogP contribution in [-0.4, -0.2) is 70.7 Å². The smallest absolute Gasteiger partial charge is 0.246 e. The second kappa shape index (κ2) is 15.3. The Morgan fingerprint density at radius 2 is 1.82 bits per heavy atom. The molecule has 240 valence electrons. The number of hydrogen-bond donors (Lipinski definition) is 2. The number of para-hydroxylation sites is 1. The van der Waals surface area contributed by atoms with Gasteiger partial charge in [-0.25, -0.2) is 0 Å². The SMILES string of the molecule is CCC(C)[C@@H]1NC(=O)[C@H](Cc2cn(OC)c3ccccc23)NC(=O)[C@H](CCCCCC(C)=O)CC(=O)[C@H]2CCCCN2C1=O. The molecule has 1 unspecified atom stereocenters. The Balaban J connectivity index is 1.68. The van der Waals surface area contributed by atoms with Crippen LogP contribution in [0.3, 0.4) is 0 Å². The number of nitrogens with zero attached hydrogens (tertiary/aromatic N) is 2. The van der Waals surface area contributed by atoms with Crippen molar-refractivity contribution in [2.45, 2.75) is 110 Å². The predicted octanol–water partition coefficient (Wildman–Crippen LogP) is 3.77. The fourth-order valence-corrected chi connectivity index (χ4v) is 6.54. The number of carbonyl (C=O) groups excluding carboxylic acids is 5. The van der Waals surface area contributed by atoms with Crippen molar-refractivity contribution in [3.8, 4) is 0 Å². The maximum Gasteiger partial charge on any atom is 0.246 e. The molecule has 10 heteroatoms. The number of rotatable bonds is 11. The molecule has 0 aliphatic carbocycles. The van der Waals surface area contributed by atoms with Gasteiger partial charge < -0.3 is 25.2 Å². The molecule has 2 aromatic rings. The number of piperidine rings is 1. The van der Waals surface area contributed by atoms with E-state index in [9.17, 15) is 24.0 Å². The molecule has 10 nitrogen and oxygen atoms in total. The van der Waals surface area contributed by atoms with Gasteiger partial charge in [-0.1, -0.05) is 51.3 Å². The normalized spacial score (nSPS) is 24.1. The number of hydrogen-bond acceptors (Lipinski definition) is 6. The Morgan fingerprint density at radius 1 is 1.05 bits per heavy atom. The minimum Gasteiger partial charge on any atom is -0.417 e. The summed E-state index contributed by atoms with van der Waals surface area (Å²) >= 11 is 0. The van der Waals surface area contributed by atoms with E-state index < -0.39 is 30.0 Å². The Bertz CT molecular complexity index is 1350. The minimum atomic E-state index is -0.968. The van der Waals surface area contributed by atoms with Gasteiger partial charge >= 0.3 is 0 Å². The Hall–Kier alpha value is -3.69. The van der Waals surface area contributed by atoms with Crippen LogP contribution in [0.2, 0.25) is 0 Å². The number of unbranched alkanes of at least 4 members (excludes halogenated alkanes) is 2. The van der Waals surface area contributed by atoms with Crippen molar-refractivity contribution >= 4 is 40.2 Å². The van der Waals surface area contributed by atoms with Gasteiger partial charge in [0, 0.05) is 43.3 Å². The monoisotopic (exact) mass is 608 g/mol. The van der Waals surface area contributed by atoms with E-state index in [0.717, 1.165) is 42.1 Å². The number of benzene rings is 1. The Kier molecular flexibility index (Phi) is 11.6. The molecule has 5 atom stereocenters. The van der Waals surface area contributed by atoms with Gasteiger partial charge in [0.2, 0.25) is 17.7 Å². The largest absolute Gasteiger partial charge is 0.417 e. The average Bonchev–Trinajstić information content (AvgIpc) is 3.38. The third kappa shape index (κ3) is 7.87. The summed E-state index contributed by atoms with van der Waals surface area (Å²) in [5.74, 6) is -1.77. The van der Waals surface area contributed by atoms with Crippen molar-refractivity contribution in [2.24, 2.45) is 11.8 Å². The number of carbonyl (C=O) groups is 5. The lowest BCUT2D eigenvalue weighted by molar-refractivity contribution is -0.147. The maximum absolute atomic E-state index is 14.0. The van der Waals surface area contributed by atoms with Gasteiger partial charge in [0.05, 0.1) is 11.6 Å². The van der Waals surface area contributed by atoms with Crippen molar-refractivity contribution < 1.29 is 28.8 Å². The summed E-state index contributed by atoms with van der Waals surface area (Å²) in [6.45, 7) is 5.92. The lowest BCUT2D eigenvalue weighted by Crippen LogP contribution is -2.61. The van der Waals surface area contributed by atoms with Crippen LogP contribution in [0.15, 0.2) is 30.5 Å². The van der Waals surface area contributed by atoms with Gasteiger partial charge in [-0.2, -0.15) is 4.73 Å². The standard InChI is InChI=1S/C34H48N4O6/c1-5-22(2)31-34(43)37-18-12-11-17-29(37)30(40)20-24(14-8-6-7-13-23(3)39)32(41)35-27(33(42)36-31)19-25-21-38(44-4)28-16-10-9-15-26(25)28/h9-10,15-16,21-22,24,27,29,31H,5-8,11-14,17-20H2,1-4H3,(H,35,41)(H,36,42)/t22?,24-,27+,29-,31+/m1/s1. The molecule has 2 aliphatic rings. The van der Waals surface area contributed by atoms with E-state index in [1.807, 2.05) is 44.3 Å². The quantitative estimate of drug-likeness (QED) is 0.374. The molecule has 44 heavy (non-hydrogen) atoms. The Morgan fingerprint density at radius 3 is 2.55 bits per heavy atom. The summed E-state index contributed by atoms with van der Waals surface area (Å²) in [7, 11) is 1.56. The minimum absolute atomic E-state index is 0.0122. The average molecular weight is 609 g/mol. The molecule has 0 bridgehead atoms. The van der Waals surface area contributed by atoms with Crippen LogP contribution in [0, 0.1) is 11.8 Å². The summed E-state index contributed by atoms with van der Waals surface area (Å²) in [6, 6.07) is 5.30. The highest BCUT2D eigenvalue weighted by atomic mass is 16.6.